The highest BCUT2D eigenvalue weighted by atomic mass is 32.2. The summed E-state index contributed by atoms with van der Waals surface area (Å²) in [5, 5.41) is 2.80. The molecule has 0 fully saturated rings. The second-order valence-electron chi connectivity index (χ2n) is 6.53. The number of nitrogens with one attached hydrogen (secondary N) is 1. The zero-order chi connectivity index (χ0) is 20.1. The van der Waals surface area contributed by atoms with Gasteiger partial charge in [0.1, 0.15) is 11.6 Å². The molecule has 1 amide bonds. The molecule has 0 radical (unpaired) electrons. The third-order valence-electron chi connectivity index (χ3n) is 4.58. The van der Waals surface area contributed by atoms with Crippen LogP contribution in [0.1, 0.15) is 18.9 Å². The molecule has 1 heterocycles. The summed E-state index contributed by atoms with van der Waals surface area (Å²) in [6, 6.07) is 13.0. The molecule has 28 heavy (non-hydrogen) atoms. The quantitative estimate of drug-likeness (QED) is 0.717. The van der Waals surface area contributed by atoms with Gasteiger partial charge in [0.25, 0.3) is 5.91 Å². The van der Waals surface area contributed by atoms with Crippen molar-refractivity contribution in [3.63, 3.8) is 0 Å². The minimum atomic E-state index is -3.52. The highest BCUT2D eigenvalue weighted by Crippen LogP contribution is 2.35. The van der Waals surface area contributed by atoms with Crippen LogP contribution in [0.2, 0.25) is 0 Å². The van der Waals surface area contributed by atoms with Gasteiger partial charge >= 0.3 is 0 Å². The molecule has 1 aliphatic heterocycles. The number of benzene rings is 2. The van der Waals surface area contributed by atoms with Gasteiger partial charge in [0.05, 0.1) is 18.0 Å². The van der Waals surface area contributed by atoms with Crippen LogP contribution in [0.25, 0.3) is 0 Å². The maximum absolute atomic E-state index is 12.9. The standard InChI is InChI=1S/C20H23FN2O4S/c1-2-28(25,26)23-14-19(27-18-8-4-3-7-17(18)23)20(24)22-13-5-6-15-9-11-16(21)12-10-15/h3-4,7-12,19H,2,5-6,13-14H2,1H3,(H,22,24)/t19-/m0/s1. The number of carbonyl (C=O) groups excluding carboxylic acids is 1. The van der Waals surface area contributed by atoms with Crippen molar-refractivity contribution < 1.29 is 22.3 Å². The number of amides is 1. The first-order valence-corrected chi connectivity index (χ1v) is 10.8. The van der Waals surface area contributed by atoms with Crippen LogP contribution in [0.3, 0.4) is 0 Å². The molecule has 1 N–H and O–H groups in total. The van der Waals surface area contributed by atoms with E-state index in [-0.39, 0.29) is 24.0 Å². The van der Waals surface area contributed by atoms with E-state index in [1.807, 2.05) is 0 Å². The van der Waals surface area contributed by atoms with E-state index in [1.54, 1.807) is 43.3 Å². The van der Waals surface area contributed by atoms with E-state index in [2.05, 4.69) is 5.32 Å². The van der Waals surface area contributed by atoms with Crippen LogP contribution in [0, 0.1) is 5.82 Å². The van der Waals surface area contributed by atoms with Gasteiger partial charge in [-0.15, -0.1) is 0 Å². The molecule has 0 saturated heterocycles. The zero-order valence-corrected chi connectivity index (χ0v) is 16.4. The fraction of sp³-hybridized carbons (Fsp3) is 0.350. The molecule has 1 aliphatic rings. The zero-order valence-electron chi connectivity index (χ0n) is 15.6. The van der Waals surface area contributed by atoms with Crippen molar-refractivity contribution in [2.45, 2.75) is 25.9 Å². The Bertz CT molecular complexity index is 931. The number of halogens is 1. The third kappa shape index (κ3) is 4.62. The van der Waals surface area contributed by atoms with Gasteiger partial charge in [0.15, 0.2) is 6.10 Å². The molecule has 0 aromatic heterocycles. The molecule has 2 aromatic carbocycles. The summed E-state index contributed by atoms with van der Waals surface area (Å²) in [5.41, 5.74) is 1.43. The molecule has 1 atom stereocenters. The van der Waals surface area contributed by atoms with Crippen LogP contribution >= 0.6 is 0 Å². The van der Waals surface area contributed by atoms with Crippen LogP contribution in [0.5, 0.6) is 5.75 Å². The Hall–Kier alpha value is -2.61. The smallest absolute Gasteiger partial charge is 0.263 e. The predicted molar refractivity (Wildman–Crippen MR) is 105 cm³/mol. The van der Waals surface area contributed by atoms with Crippen LogP contribution in [0.15, 0.2) is 48.5 Å². The first kappa shape index (κ1) is 20.1. The Labute approximate surface area is 164 Å². The fourth-order valence-corrected chi connectivity index (χ4v) is 4.15. The van der Waals surface area contributed by atoms with E-state index in [4.69, 9.17) is 4.74 Å². The summed E-state index contributed by atoms with van der Waals surface area (Å²) in [6.07, 6.45) is 0.463. The number of rotatable bonds is 7. The summed E-state index contributed by atoms with van der Waals surface area (Å²) in [7, 11) is -3.52. The Balaban J connectivity index is 1.60. The lowest BCUT2D eigenvalue weighted by Gasteiger charge is -2.34. The molecule has 6 nitrogen and oxygen atoms in total. The average molecular weight is 406 g/mol. The van der Waals surface area contributed by atoms with E-state index in [0.29, 0.717) is 30.8 Å². The Kier molecular flexibility index (Phi) is 6.18. The molecule has 3 rings (SSSR count). The highest BCUT2D eigenvalue weighted by Gasteiger charge is 2.35. The van der Waals surface area contributed by atoms with Crippen LogP contribution in [-0.2, 0) is 21.2 Å². The summed E-state index contributed by atoms with van der Waals surface area (Å²) in [4.78, 5) is 12.5. The van der Waals surface area contributed by atoms with E-state index in [9.17, 15) is 17.6 Å². The molecule has 0 spiro atoms. The van der Waals surface area contributed by atoms with Crippen molar-refractivity contribution >= 4 is 21.6 Å². The van der Waals surface area contributed by atoms with Gasteiger partial charge in [-0.2, -0.15) is 0 Å². The summed E-state index contributed by atoms with van der Waals surface area (Å²) in [6.45, 7) is 1.92. The summed E-state index contributed by atoms with van der Waals surface area (Å²) < 4.78 is 44.8. The lowest BCUT2D eigenvalue weighted by Crippen LogP contribution is -2.51. The highest BCUT2D eigenvalue weighted by molar-refractivity contribution is 7.92. The minimum absolute atomic E-state index is 0.0585. The average Bonchev–Trinajstić information content (AvgIpc) is 2.71. The molecule has 2 aromatic rings. The summed E-state index contributed by atoms with van der Waals surface area (Å²) in [5.74, 6) is -0.326. The topological polar surface area (TPSA) is 75.7 Å². The Morgan fingerprint density at radius 1 is 1.21 bits per heavy atom. The second kappa shape index (κ2) is 8.60. The number of fused-ring (bicyclic) bond motifs is 1. The third-order valence-corrected chi connectivity index (χ3v) is 6.33. The van der Waals surface area contributed by atoms with Gasteiger partial charge in [-0.1, -0.05) is 24.3 Å². The number of para-hydroxylation sites is 2. The molecule has 0 aliphatic carbocycles. The van der Waals surface area contributed by atoms with Crippen molar-refractivity contribution in [1.82, 2.24) is 5.32 Å². The number of ether oxygens (including phenoxy) is 1. The van der Waals surface area contributed by atoms with Gasteiger partial charge in [0.2, 0.25) is 10.0 Å². The van der Waals surface area contributed by atoms with Crippen LogP contribution in [-0.4, -0.2) is 39.3 Å². The van der Waals surface area contributed by atoms with Crippen LogP contribution in [0.4, 0.5) is 10.1 Å². The van der Waals surface area contributed by atoms with E-state index < -0.39 is 16.1 Å². The van der Waals surface area contributed by atoms with Crippen molar-refractivity contribution in [2.75, 3.05) is 23.1 Å². The molecule has 0 saturated carbocycles. The largest absolute Gasteiger partial charge is 0.476 e. The van der Waals surface area contributed by atoms with Gasteiger partial charge in [-0.3, -0.25) is 9.10 Å². The number of carbonyl (C=O) groups is 1. The number of anilines is 1. The molecule has 0 unspecified atom stereocenters. The lowest BCUT2D eigenvalue weighted by molar-refractivity contribution is -0.127. The second-order valence-corrected chi connectivity index (χ2v) is 8.71. The number of hydrogen-bond donors (Lipinski definition) is 1. The fourth-order valence-electron chi connectivity index (χ4n) is 3.03. The van der Waals surface area contributed by atoms with Crippen molar-refractivity contribution in [1.29, 1.82) is 0 Å². The molecular weight excluding hydrogens is 383 g/mol. The van der Waals surface area contributed by atoms with Gasteiger partial charge in [0, 0.05) is 6.54 Å². The van der Waals surface area contributed by atoms with E-state index in [1.165, 1.54) is 16.4 Å². The summed E-state index contributed by atoms with van der Waals surface area (Å²) >= 11 is 0. The van der Waals surface area contributed by atoms with Crippen molar-refractivity contribution in [3.05, 3.63) is 59.9 Å². The molecule has 8 heteroatoms. The SMILES string of the molecule is CCS(=O)(=O)N1C[C@@H](C(=O)NCCCc2ccc(F)cc2)Oc2ccccc21. The maximum Gasteiger partial charge on any atom is 0.263 e. The number of nitrogens with zero attached hydrogens (tertiary/aromatic N) is 1. The molecule has 150 valence electrons. The number of hydrogen-bond acceptors (Lipinski definition) is 4. The monoisotopic (exact) mass is 406 g/mol. The van der Waals surface area contributed by atoms with Gasteiger partial charge in [-0.05, 0) is 49.6 Å². The minimum Gasteiger partial charge on any atom is -0.476 e. The maximum atomic E-state index is 12.9. The first-order chi connectivity index (χ1) is 13.4. The first-order valence-electron chi connectivity index (χ1n) is 9.19. The van der Waals surface area contributed by atoms with Gasteiger partial charge in [-0.25, -0.2) is 12.8 Å². The van der Waals surface area contributed by atoms with Crippen molar-refractivity contribution in [3.8, 4) is 5.75 Å². The number of aryl methyl sites for hydroxylation is 1. The molecular formula is C20H23FN2O4S. The lowest BCUT2D eigenvalue weighted by atomic mass is 10.1. The van der Waals surface area contributed by atoms with Crippen LogP contribution < -0.4 is 14.4 Å². The van der Waals surface area contributed by atoms with Crippen molar-refractivity contribution in [2.24, 2.45) is 0 Å². The normalized spacial score (nSPS) is 16.2. The predicted octanol–water partition coefficient (Wildman–Crippen LogP) is 2.49. The van der Waals surface area contributed by atoms with E-state index in [0.717, 1.165) is 5.56 Å². The Morgan fingerprint density at radius 2 is 1.93 bits per heavy atom. The molecule has 0 bridgehead atoms. The number of sulfonamides is 1. The van der Waals surface area contributed by atoms with E-state index >= 15 is 0 Å². The van der Waals surface area contributed by atoms with Gasteiger partial charge < -0.3 is 10.1 Å². The Morgan fingerprint density at radius 3 is 2.64 bits per heavy atom.